The molecule has 1 aromatic rings. The van der Waals surface area contributed by atoms with Gasteiger partial charge in [0.2, 0.25) is 5.91 Å². The highest BCUT2D eigenvalue weighted by molar-refractivity contribution is 5.76. The average molecular weight is 264 g/mol. The van der Waals surface area contributed by atoms with E-state index in [2.05, 4.69) is 5.32 Å². The SMILES string of the molecule is CNC1CCN(C(=O)CCc2ccc(F)cc2)CC1. The number of nitrogens with one attached hydrogen (secondary N) is 1. The summed E-state index contributed by atoms with van der Waals surface area (Å²) in [6, 6.07) is 6.92. The lowest BCUT2D eigenvalue weighted by molar-refractivity contribution is -0.132. The lowest BCUT2D eigenvalue weighted by atomic mass is 10.0. The highest BCUT2D eigenvalue weighted by atomic mass is 19.1. The van der Waals surface area contributed by atoms with Crippen molar-refractivity contribution < 1.29 is 9.18 Å². The summed E-state index contributed by atoms with van der Waals surface area (Å²) in [6.07, 6.45) is 3.25. The molecule has 2 rings (SSSR count). The zero-order valence-corrected chi connectivity index (χ0v) is 11.4. The van der Waals surface area contributed by atoms with Crippen molar-refractivity contribution in [2.75, 3.05) is 20.1 Å². The number of nitrogens with zero attached hydrogens (tertiary/aromatic N) is 1. The molecule has 1 saturated heterocycles. The fourth-order valence-electron chi connectivity index (χ4n) is 2.48. The molecule has 1 aromatic carbocycles. The van der Waals surface area contributed by atoms with Crippen molar-refractivity contribution in [3.8, 4) is 0 Å². The number of hydrogen-bond acceptors (Lipinski definition) is 2. The summed E-state index contributed by atoms with van der Waals surface area (Å²) < 4.78 is 12.8. The number of aryl methyl sites for hydroxylation is 1. The molecule has 1 N–H and O–H groups in total. The fraction of sp³-hybridized carbons (Fsp3) is 0.533. The van der Waals surface area contributed by atoms with Crippen molar-refractivity contribution in [2.24, 2.45) is 0 Å². The van der Waals surface area contributed by atoms with Crippen LogP contribution in [0.5, 0.6) is 0 Å². The molecule has 1 amide bonds. The molecule has 3 nitrogen and oxygen atoms in total. The molecule has 0 spiro atoms. The Morgan fingerprint density at radius 1 is 1.32 bits per heavy atom. The van der Waals surface area contributed by atoms with E-state index >= 15 is 0 Å². The second-order valence-electron chi connectivity index (χ2n) is 5.07. The Bertz CT molecular complexity index is 411. The molecular weight excluding hydrogens is 243 g/mol. The number of piperidine rings is 1. The molecule has 0 atom stereocenters. The normalized spacial score (nSPS) is 16.6. The molecule has 0 aliphatic carbocycles. The maximum atomic E-state index is 12.8. The molecule has 19 heavy (non-hydrogen) atoms. The zero-order valence-electron chi connectivity index (χ0n) is 11.4. The largest absolute Gasteiger partial charge is 0.343 e. The van der Waals surface area contributed by atoms with E-state index in [-0.39, 0.29) is 11.7 Å². The van der Waals surface area contributed by atoms with E-state index in [0.717, 1.165) is 31.5 Å². The Morgan fingerprint density at radius 2 is 1.95 bits per heavy atom. The van der Waals surface area contributed by atoms with Crippen LogP contribution >= 0.6 is 0 Å². The molecule has 0 bridgehead atoms. The number of benzene rings is 1. The average Bonchev–Trinajstić information content (AvgIpc) is 2.46. The Hall–Kier alpha value is -1.42. The van der Waals surface area contributed by atoms with Gasteiger partial charge in [-0.1, -0.05) is 12.1 Å². The van der Waals surface area contributed by atoms with Crippen molar-refractivity contribution in [1.82, 2.24) is 10.2 Å². The van der Waals surface area contributed by atoms with Crippen LogP contribution in [-0.4, -0.2) is 37.0 Å². The number of halogens is 1. The number of hydrogen-bond donors (Lipinski definition) is 1. The van der Waals surface area contributed by atoms with Crippen molar-refractivity contribution >= 4 is 5.91 Å². The minimum Gasteiger partial charge on any atom is -0.343 e. The molecule has 1 fully saturated rings. The first-order valence-electron chi connectivity index (χ1n) is 6.88. The van der Waals surface area contributed by atoms with Gasteiger partial charge in [0.15, 0.2) is 0 Å². The molecule has 0 aromatic heterocycles. The Kier molecular flexibility index (Phi) is 4.91. The third-order valence-corrected chi connectivity index (χ3v) is 3.80. The standard InChI is InChI=1S/C15H21FN2O/c1-17-14-8-10-18(11-9-14)15(19)7-4-12-2-5-13(16)6-3-12/h2-3,5-6,14,17H,4,7-11H2,1H3. The third-order valence-electron chi connectivity index (χ3n) is 3.80. The van der Waals surface area contributed by atoms with Gasteiger partial charge in [0.25, 0.3) is 0 Å². The van der Waals surface area contributed by atoms with Crippen LogP contribution in [0.15, 0.2) is 24.3 Å². The van der Waals surface area contributed by atoms with Gasteiger partial charge in [0, 0.05) is 25.6 Å². The van der Waals surface area contributed by atoms with Gasteiger partial charge < -0.3 is 10.2 Å². The van der Waals surface area contributed by atoms with Crippen LogP contribution in [0.25, 0.3) is 0 Å². The van der Waals surface area contributed by atoms with Crippen LogP contribution in [0.4, 0.5) is 4.39 Å². The molecule has 104 valence electrons. The quantitative estimate of drug-likeness (QED) is 0.901. The number of carbonyl (C=O) groups excluding carboxylic acids is 1. The minimum absolute atomic E-state index is 0.207. The summed E-state index contributed by atoms with van der Waals surface area (Å²) in [6.45, 7) is 1.68. The van der Waals surface area contributed by atoms with Crippen LogP contribution in [0, 0.1) is 5.82 Å². The third kappa shape index (κ3) is 4.03. The van der Waals surface area contributed by atoms with Gasteiger partial charge in [-0.25, -0.2) is 4.39 Å². The lowest BCUT2D eigenvalue weighted by Crippen LogP contribution is -2.44. The first-order valence-corrected chi connectivity index (χ1v) is 6.88. The van der Waals surface area contributed by atoms with Gasteiger partial charge in [0.05, 0.1) is 0 Å². The summed E-state index contributed by atoms with van der Waals surface area (Å²) in [5.41, 5.74) is 1.01. The highest BCUT2D eigenvalue weighted by Gasteiger charge is 2.21. The first-order chi connectivity index (χ1) is 9.19. The van der Waals surface area contributed by atoms with E-state index < -0.39 is 0 Å². The second-order valence-corrected chi connectivity index (χ2v) is 5.07. The smallest absolute Gasteiger partial charge is 0.222 e. The van der Waals surface area contributed by atoms with Crippen LogP contribution in [0.2, 0.25) is 0 Å². The van der Waals surface area contributed by atoms with E-state index in [1.807, 2.05) is 11.9 Å². The maximum Gasteiger partial charge on any atom is 0.222 e. The highest BCUT2D eigenvalue weighted by Crippen LogP contribution is 2.12. The van der Waals surface area contributed by atoms with Gasteiger partial charge in [-0.3, -0.25) is 4.79 Å². The van der Waals surface area contributed by atoms with E-state index in [1.54, 1.807) is 12.1 Å². The Morgan fingerprint density at radius 3 is 2.53 bits per heavy atom. The summed E-state index contributed by atoms with van der Waals surface area (Å²) in [7, 11) is 1.97. The predicted octanol–water partition coefficient (Wildman–Crippen LogP) is 1.97. The topological polar surface area (TPSA) is 32.3 Å². The van der Waals surface area contributed by atoms with E-state index in [0.29, 0.717) is 18.9 Å². The van der Waals surface area contributed by atoms with Crippen LogP contribution in [0.1, 0.15) is 24.8 Å². The lowest BCUT2D eigenvalue weighted by Gasteiger charge is -2.31. The van der Waals surface area contributed by atoms with Crippen LogP contribution < -0.4 is 5.32 Å². The monoisotopic (exact) mass is 264 g/mol. The van der Waals surface area contributed by atoms with Crippen LogP contribution in [0.3, 0.4) is 0 Å². The maximum absolute atomic E-state index is 12.8. The molecule has 0 radical (unpaired) electrons. The van der Waals surface area contributed by atoms with Gasteiger partial charge in [0.1, 0.15) is 5.82 Å². The van der Waals surface area contributed by atoms with E-state index in [9.17, 15) is 9.18 Å². The summed E-state index contributed by atoms with van der Waals surface area (Å²) >= 11 is 0. The predicted molar refractivity (Wildman–Crippen MR) is 73.4 cm³/mol. The molecule has 1 aliphatic heterocycles. The van der Waals surface area contributed by atoms with Gasteiger partial charge in [-0.05, 0) is 44.0 Å². The number of likely N-dealkylation sites (tertiary alicyclic amines) is 1. The Balaban J connectivity index is 1.77. The van der Waals surface area contributed by atoms with Gasteiger partial charge in [-0.2, -0.15) is 0 Å². The van der Waals surface area contributed by atoms with Crippen molar-refractivity contribution in [3.63, 3.8) is 0 Å². The Labute approximate surface area is 113 Å². The minimum atomic E-state index is -0.232. The fourth-order valence-corrected chi connectivity index (χ4v) is 2.48. The summed E-state index contributed by atoms with van der Waals surface area (Å²) in [4.78, 5) is 14.0. The molecular formula is C15H21FN2O. The van der Waals surface area contributed by atoms with Crippen LogP contribution in [-0.2, 0) is 11.2 Å². The van der Waals surface area contributed by atoms with Gasteiger partial charge in [-0.15, -0.1) is 0 Å². The molecule has 1 heterocycles. The molecule has 0 unspecified atom stereocenters. The number of rotatable bonds is 4. The van der Waals surface area contributed by atoms with E-state index in [1.165, 1.54) is 12.1 Å². The zero-order chi connectivity index (χ0) is 13.7. The summed E-state index contributed by atoms with van der Waals surface area (Å²) in [5, 5.41) is 3.25. The number of amides is 1. The second kappa shape index (κ2) is 6.66. The first kappa shape index (κ1) is 14.0. The van der Waals surface area contributed by atoms with Crippen molar-refractivity contribution in [1.29, 1.82) is 0 Å². The van der Waals surface area contributed by atoms with Gasteiger partial charge >= 0.3 is 0 Å². The molecule has 0 saturated carbocycles. The van der Waals surface area contributed by atoms with Crippen molar-refractivity contribution in [2.45, 2.75) is 31.7 Å². The summed E-state index contributed by atoms with van der Waals surface area (Å²) in [5.74, 6) is -0.0249. The van der Waals surface area contributed by atoms with Crippen molar-refractivity contribution in [3.05, 3.63) is 35.6 Å². The molecule has 4 heteroatoms. The number of carbonyl (C=O) groups is 1. The molecule has 1 aliphatic rings. The van der Waals surface area contributed by atoms with E-state index in [4.69, 9.17) is 0 Å².